The predicted octanol–water partition coefficient (Wildman–Crippen LogP) is 3.42. The molecule has 0 N–H and O–H groups in total. The Labute approximate surface area is 126 Å². The topological polar surface area (TPSA) is 66.2 Å². The summed E-state index contributed by atoms with van der Waals surface area (Å²) in [5.41, 5.74) is 1.95. The highest BCUT2D eigenvalue weighted by molar-refractivity contribution is 7.10. The van der Waals surface area contributed by atoms with E-state index in [-0.39, 0.29) is 11.6 Å². The van der Waals surface area contributed by atoms with Crippen molar-refractivity contribution in [3.8, 4) is 17.3 Å². The Kier molecular flexibility index (Phi) is 3.15. The number of ether oxygens (including phenoxy) is 1. The first-order valence-corrected chi connectivity index (χ1v) is 7.23. The number of nitrogens with zero attached hydrogens (tertiary/aromatic N) is 3. The summed E-state index contributed by atoms with van der Waals surface area (Å²) in [5, 5.41) is 9.58. The normalized spacial score (nSPS) is 16.6. The quantitative estimate of drug-likeness (QED) is 0.852. The van der Waals surface area contributed by atoms with Crippen molar-refractivity contribution in [2.75, 3.05) is 11.5 Å². The largest absolute Gasteiger partial charge is 0.447 e. The van der Waals surface area contributed by atoms with Gasteiger partial charge in [-0.05, 0) is 37.5 Å². The lowest BCUT2D eigenvalue weighted by molar-refractivity contribution is 0.175. The molecule has 2 heterocycles. The first-order valence-electron chi connectivity index (χ1n) is 6.45. The molecule has 6 heteroatoms. The Balaban J connectivity index is 1.93. The number of amides is 1. The number of carbonyl (C=O) groups is 1. The Morgan fingerprint density at radius 1 is 1.38 bits per heavy atom. The monoisotopic (exact) mass is 299 g/mol. The molecular weight excluding hydrogens is 286 g/mol. The van der Waals surface area contributed by atoms with Crippen molar-refractivity contribution >= 4 is 22.6 Å². The molecule has 1 aliphatic rings. The van der Waals surface area contributed by atoms with Gasteiger partial charge in [0.15, 0.2) is 0 Å². The van der Waals surface area contributed by atoms with E-state index in [1.165, 1.54) is 11.5 Å². The van der Waals surface area contributed by atoms with Crippen molar-refractivity contribution in [3.05, 3.63) is 35.9 Å². The van der Waals surface area contributed by atoms with E-state index < -0.39 is 0 Å². The van der Waals surface area contributed by atoms with Crippen molar-refractivity contribution in [2.24, 2.45) is 0 Å². The molecule has 3 rings (SSSR count). The van der Waals surface area contributed by atoms with Gasteiger partial charge in [-0.15, -0.1) is 0 Å². The molecule has 1 amide bonds. The van der Waals surface area contributed by atoms with Crippen LogP contribution in [0.4, 0.5) is 9.80 Å². The molecule has 1 fully saturated rings. The first-order chi connectivity index (χ1) is 10.0. The van der Waals surface area contributed by atoms with Crippen LogP contribution in [0.1, 0.15) is 19.4 Å². The molecule has 0 radical (unpaired) electrons. The lowest BCUT2D eigenvalue weighted by Crippen LogP contribution is -2.41. The highest BCUT2D eigenvalue weighted by atomic mass is 32.1. The molecular formula is C15H13N3O2S. The van der Waals surface area contributed by atoms with Crippen molar-refractivity contribution in [1.29, 1.82) is 5.26 Å². The van der Waals surface area contributed by atoms with Crippen LogP contribution in [0.2, 0.25) is 0 Å². The number of aromatic nitrogens is 1. The standard InChI is InChI=1S/C15H13N3O2S/c1-15(2)9-20-14(19)18(15)13-7-12(17-21-13)11-5-3-10(8-16)4-6-11/h3-7H,9H2,1-2H3. The highest BCUT2D eigenvalue weighted by Gasteiger charge is 2.42. The van der Waals surface area contributed by atoms with E-state index in [4.69, 9.17) is 10.00 Å². The lowest BCUT2D eigenvalue weighted by atomic mass is 10.1. The number of anilines is 1. The maximum absolute atomic E-state index is 11.9. The fourth-order valence-electron chi connectivity index (χ4n) is 2.23. The predicted molar refractivity (Wildman–Crippen MR) is 80.2 cm³/mol. The van der Waals surface area contributed by atoms with Crippen molar-refractivity contribution < 1.29 is 9.53 Å². The maximum atomic E-state index is 11.9. The van der Waals surface area contributed by atoms with E-state index in [1.807, 2.05) is 32.0 Å². The fourth-order valence-corrected chi connectivity index (χ4v) is 3.14. The number of rotatable bonds is 2. The molecule has 106 valence electrons. The number of cyclic esters (lactones) is 1. The average Bonchev–Trinajstić information content (AvgIpc) is 3.04. The summed E-state index contributed by atoms with van der Waals surface area (Å²) in [7, 11) is 0. The van der Waals surface area contributed by atoms with Crippen LogP contribution < -0.4 is 4.90 Å². The fraction of sp³-hybridized carbons (Fsp3) is 0.267. The first kappa shape index (κ1) is 13.6. The van der Waals surface area contributed by atoms with Crippen LogP contribution in [0, 0.1) is 11.3 Å². The van der Waals surface area contributed by atoms with Crippen LogP contribution in [0.5, 0.6) is 0 Å². The molecule has 0 atom stereocenters. The molecule has 1 saturated heterocycles. The molecule has 21 heavy (non-hydrogen) atoms. The molecule has 0 bridgehead atoms. The number of hydrogen-bond acceptors (Lipinski definition) is 5. The average molecular weight is 299 g/mol. The van der Waals surface area contributed by atoms with Gasteiger partial charge in [0.2, 0.25) is 0 Å². The second-order valence-electron chi connectivity index (χ2n) is 5.44. The van der Waals surface area contributed by atoms with Gasteiger partial charge in [0.1, 0.15) is 11.6 Å². The second-order valence-corrected chi connectivity index (χ2v) is 6.23. The third kappa shape index (κ3) is 2.36. The van der Waals surface area contributed by atoms with Gasteiger partial charge in [0.05, 0.1) is 22.9 Å². The van der Waals surface area contributed by atoms with Crippen LogP contribution in [-0.4, -0.2) is 22.6 Å². The van der Waals surface area contributed by atoms with E-state index in [2.05, 4.69) is 10.4 Å². The summed E-state index contributed by atoms with van der Waals surface area (Å²) >= 11 is 1.27. The molecule has 5 nitrogen and oxygen atoms in total. The molecule has 0 unspecified atom stereocenters. The minimum atomic E-state index is -0.369. The van der Waals surface area contributed by atoms with Gasteiger partial charge in [0.25, 0.3) is 0 Å². The van der Waals surface area contributed by atoms with Crippen molar-refractivity contribution in [1.82, 2.24) is 4.37 Å². The third-order valence-corrected chi connectivity index (χ3v) is 4.14. The summed E-state index contributed by atoms with van der Waals surface area (Å²) in [6, 6.07) is 11.2. The molecule has 1 aromatic carbocycles. The summed E-state index contributed by atoms with van der Waals surface area (Å²) in [6.07, 6.45) is -0.338. The summed E-state index contributed by atoms with van der Waals surface area (Å²) in [5.74, 6) is 0. The second kappa shape index (κ2) is 4.86. The molecule has 0 spiro atoms. The van der Waals surface area contributed by atoms with E-state index in [0.29, 0.717) is 12.2 Å². The molecule has 0 saturated carbocycles. The van der Waals surface area contributed by atoms with Gasteiger partial charge in [-0.3, -0.25) is 4.90 Å². The number of carbonyl (C=O) groups excluding carboxylic acids is 1. The van der Waals surface area contributed by atoms with E-state index in [1.54, 1.807) is 17.0 Å². The molecule has 2 aromatic rings. The minimum Gasteiger partial charge on any atom is -0.447 e. The van der Waals surface area contributed by atoms with Gasteiger partial charge >= 0.3 is 6.09 Å². The number of hydrogen-bond donors (Lipinski definition) is 0. The maximum Gasteiger partial charge on any atom is 0.415 e. The van der Waals surface area contributed by atoms with Gasteiger partial charge in [0, 0.05) is 11.6 Å². The Bertz CT molecular complexity index is 728. The zero-order valence-electron chi connectivity index (χ0n) is 11.7. The Morgan fingerprint density at radius 3 is 2.67 bits per heavy atom. The summed E-state index contributed by atoms with van der Waals surface area (Å²) in [4.78, 5) is 13.5. The van der Waals surface area contributed by atoms with Crippen LogP contribution in [-0.2, 0) is 4.74 Å². The van der Waals surface area contributed by atoms with Crippen LogP contribution in [0.3, 0.4) is 0 Å². The van der Waals surface area contributed by atoms with E-state index in [9.17, 15) is 4.79 Å². The van der Waals surface area contributed by atoms with Gasteiger partial charge in [-0.2, -0.15) is 9.64 Å². The molecule has 1 aliphatic heterocycles. The smallest absolute Gasteiger partial charge is 0.415 e. The third-order valence-electron chi connectivity index (χ3n) is 3.36. The van der Waals surface area contributed by atoms with Crippen LogP contribution in [0.15, 0.2) is 30.3 Å². The number of benzene rings is 1. The highest BCUT2D eigenvalue weighted by Crippen LogP contribution is 2.35. The van der Waals surface area contributed by atoms with E-state index >= 15 is 0 Å². The summed E-state index contributed by atoms with van der Waals surface area (Å²) in [6.45, 7) is 4.29. The molecule has 1 aromatic heterocycles. The Hall–Kier alpha value is -2.39. The van der Waals surface area contributed by atoms with Crippen molar-refractivity contribution in [3.63, 3.8) is 0 Å². The zero-order valence-corrected chi connectivity index (χ0v) is 12.5. The van der Waals surface area contributed by atoms with Gasteiger partial charge in [-0.1, -0.05) is 12.1 Å². The Morgan fingerprint density at radius 2 is 2.10 bits per heavy atom. The SMILES string of the molecule is CC1(C)COC(=O)N1c1cc(-c2ccc(C#N)cc2)ns1. The molecule has 0 aliphatic carbocycles. The van der Waals surface area contributed by atoms with Gasteiger partial charge < -0.3 is 4.74 Å². The summed E-state index contributed by atoms with van der Waals surface area (Å²) < 4.78 is 9.51. The van der Waals surface area contributed by atoms with Gasteiger partial charge in [-0.25, -0.2) is 4.79 Å². The lowest BCUT2D eigenvalue weighted by Gasteiger charge is -2.25. The number of nitriles is 1. The van der Waals surface area contributed by atoms with Crippen LogP contribution >= 0.6 is 11.5 Å². The zero-order chi connectivity index (χ0) is 15.0. The van der Waals surface area contributed by atoms with E-state index in [0.717, 1.165) is 16.3 Å². The van der Waals surface area contributed by atoms with Crippen molar-refractivity contribution in [2.45, 2.75) is 19.4 Å². The van der Waals surface area contributed by atoms with Crippen LogP contribution in [0.25, 0.3) is 11.3 Å². The minimum absolute atomic E-state index is 0.338.